The van der Waals surface area contributed by atoms with Crippen molar-refractivity contribution in [2.45, 2.75) is 0 Å². The van der Waals surface area contributed by atoms with Crippen LogP contribution in [0.4, 0.5) is 11.6 Å². The SMILES string of the molecule is N#Cc1nc2c3nc(C#N)c(C#N)nc3c3nc(C#N)c(C#N)nc3c2nc1C#N.[C-]#[N+]c1nc2c(nc1C#N)c1nc3c4nc(C#N)c(C#N)nc4c4nc(C#N)c(C#N)nc4c3nc1c1nc(C#N)c([N+]#[C-])nc12. The molecule has 0 radical (unpaired) electrons. The topological polar surface area (TPSA) is 500 Å². The van der Waals surface area contributed by atoms with E-state index in [9.17, 15) is 63.1 Å². The number of rotatable bonds is 0. The summed E-state index contributed by atoms with van der Waals surface area (Å²) in [4.78, 5) is 74.9. The zero-order chi connectivity index (χ0) is 53.7. The molecule has 0 aliphatic carbocycles. The fourth-order valence-electron chi connectivity index (χ4n) is 7.52. The van der Waals surface area contributed by atoms with Crippen LogP contribution in [-0.4, -0.2) is 79.7 Å². The molecule has 11 rings (SSSR count). The van der Waals surface area contributed by atoms with Gasteiger partial charge in [-0.05, 0) is 0 Å². The molecule has 0 saturated heterocycles. The molecule has 0 saturated carbocycles. The molecule has 76 heavy (non-hydrogen) atoms. The van der Waals surface area contributed by atoms with Crippen molar-refractivity contribution in [3.05, 3.63) is 91.2 Å². The monoisotopic (exact) mass is 972 g/mol. The molecule has 0 aliphatic rings. The van der Waals surface area contributed by atoms with Gasteiger partial charge in [0, 0.05) is 0 Å². The van der Waals surface area contributed by atoms with Crippen LogP contribution in [0.5, 0.6) is 0 Å². The third kappa shape index (κ3) is 6.46. The van der Waals surface area contributed by atoms with Gasteiger partial charge in [0.2, 0.25) is 11.0 Å². The average molecular weight is 973 g/mol. The molecule has 0 spiro atoms. The highest BCUT2D eigenvalue weighted by molar-refractivity contribution is 6.24. The Balaban J connectivity index is 0.000000189. The highest BCUT2D eigenvalue weighted by Gasteiger charge is 2.29. The summed E-state index contributed by atoms with van der Waals surface area (Å²) in [5.41, 5.74) is -4.89. The van der Waals surface area contributed by atoms with Gasteiger partial charge in [-0.25, -0.2) is 69.8 Å². The van der Waals surface area contributed by atoms with Crippen molar-refractivity contribution >= 4 is 111 Å². The summed E-state index contributed by atoms with van der Waals surface area (Å²) >= 11 is 0. The van der Waals surface area contributed by atoms with Gasteiger partial charge in [0.15, 0.2) is 68.3 Å². The summed E-state index contributed by atoms with van der Waals surface area (Å²) in [6, 6.07) is 21.3. The van der Waals surface area contributed by atoms with Crippen molar-refractivity contribution in [1.29, 1.82) is 63.1 Å². The predicted octanol–water partition coefficient (Wildman–Crippen LogP) is 3.63. The minimum Gasteiger partial charge on any atom is -0.358 e. The van der Waals surface area contributed by atoms with Crippen molar-refractivity contribution in [2.75, 3.05) is 0 Å². The first-order valence-electron chi connectivity index (χ1n) is 20.0. The van der Waals surface area contributed by atoms with Crippen molar-refractivity contribution in [1.82, 2.24) is 79.7 Å². The standard InChI is InChI=1S/C28N18.C18N12/c1-35-27-13(7-33)41-19-23-24(20-26(25(19)45-27)46-28(36-2)14(8-34)42-20)44-22-18-16(38-10(4-30)12(6-32)40-18)15-17(21(22)43-23)39-11(5-31)9(3-29)37-15;19-1-7-8(2-20)26-14-13(25-7)15-17(29-10(4-22)9(3-21)27-15)18-16(14)28-11(5-23)12(6-24)30-18. The molecular formula is C46N30. The molecule has 334 valence electrons. The molecule has 0 N–H and O–H groups in total. The summed E-state index contributed by atoms with van der Waals surface area (Å²) in [6.45, 7) is 15.0. The summed E-state index contributed by atoms with van der Waals surface area (Å²) < 4.78 is 0. The zero-order valence-electron chi connectivity index (χ0n) is 36.4. The van der Waals surface area contributed by atoms with E-state index in [2.05, 4.69) is 79.5 Å². The molecule has 3 aromatic carbocycles. The van der Waals surface area contributed by atoms with Crippen LogP contribution in [0.2, 0.25) is 0 Å². The Morgan fingerprint density at radius 3 is 0.434 bits per heavy atom. The van der Waals surface area contributed by atoms with E-state index in [1.807, 2.05) is 0 Å². The first kappa shape index (κ1) is 45.3. The third-order valence-corrected chi connectivity index (χ3v) is 10.6. The Kier molecular flexibility index (Phi) is 10.3. The lowest BCUT2D eigenvalue weighted by Crippen LogP contribution is -2.05. The maximum atomic E-state index is 9.70. The third-order valence-electron chi connectivity index (χ3n) is 10.6. The fraction of sp³-hybridized carbons (Fsp3) is 0. The molecule has 0 aliphatic heterocycles. The molecule has 0 atom stereocenters. The quantitative estimate of drug-likeness (QED) is 0.119. The number of hydrogen-bond acceptors (Lipinski definition) is 28. The number of aromatic nitrogens is 16. The normalized spacial score (nSPS) is 10.2. The lowest BCUT2D eigenvalue weighted by molar-refractivity contribution is 1.15. The second kappa shape index (κ2) is 17.2. The van der Waals surface area contributed by atoms with Gasteiger partial charge in [-0.3, -0.25) is 0 Å². The van der Waals surface area contributed by atoms with E-state index in [1.54, 1.807) is 72.8 Å². The largest absolute Gasteiger partial charge is 0.358 e. The molecule has 0 fully saturated rings. The van der Waals surface area contributed by atoms with E-state index >= 15 is 0 Å². The van der Waals surface area contributed by atoms with Crippen LogP contribution < -0.4 is 0 Å². The van der Waals surface area contributed by atoms with Gasteiger partial charge in [-0.1, -0.05) is 13.1 Å². The van der Waals surface area contributed by atoms with Crippen LogP contribution in [0.25, 0.3) is 109 Å². The Labute approximate surface area is 416 Å². The van der Waals surface area contributed by atoms with Crippen LogP contribution in [0, 0.1) is 149 Å². The lowest BCUT2D eigenvalue weighted by Gasteiger charge is -2.11. The lowest BCUT2D eigenvalue weighted by atomic mass is 10.1. The highest BCUT2D eigenvalue weighted by atomic mass is 15.0. The van der Waals surface area contributed by atoms with E-state index in [1.165, 1.54) is 0 Å². The van der Waals surface area contributed by atoms with Crippen molar-refractivity contribution in [3.8, 4) is 72.8 Å². The van der Waals surface area contributed by atoms with Crippen LogP contribution >= 0.6 is 0 Å². The van der Waals surface area contributed by atoms with Gasteiger partial charge in [-0.15, -0.1) is 9.97 Å². The second-order valence-corrected chi connectivity index (χ2v) is 14.5. The molecule has 30 nitrogen and oxygen atoms in total. The number of hydrogen-bond donors (Lipinski definition) is 0. The van der Waals surface area contributed by atoms with Gasteiger partial charge < -0.3 is 9.69 Å². The Morgan fingerprint density at radius 2 is 0.303 bits per heavy atom. The predicted molar refractivity (Wildman–Crippen MR) is 244 cm³/mol. The van der Waals surface area contributed by atoms with E-state index in [4.69, 9.17) is 23.1 Å². The van der Waals surface area contributed by atoms with Gasteiger partial charge in [0.05, 0.1) is 0 Å². The molecule has 8 heterocycles. The van der Waals surface area contributed by atoms with Gasteiger partial charge in [0.25, 0.3) is 0 Å². The van der Waals surface area contributed by atoms with E-state index < -0.39 is 0 Å². The minimum atomic E-state index is -0.363. The van der Waals surface area contributed by atoms with Crippen LogP contribution in [0.15, 0.2) is 0 Å². The average Bonchev–Trinajstić information content (AvgIpc) is 3.58. The van der Waals surface area contributed by atoms with Crippen molar-refractivity contribution in [2.24, 2.45) is 0 Å². The number of fused-ring (bicyclic) bond motifs is 18. The van der Waals surface area contributed by atoms with Gasteiger partial charge >= 0.3 is 11.6 Å². The molecule has 0 bridgehead atoms. The Morgan fingerprint density at radius 1 is 0.184 bits per heavy atom. The number of benzene rings is 3. The van der Waals surface area contributed by atoms with E-state index in [-0.39, 0.29) is 179 Å². The summed E-state index contributed by atoms with van der Waals surface area (Å²) in [7, 11) is 0. The van der Waals surface area contributed by atoms with Crippen LogP contribution in [-0.2, 0) is 0 Å². The minimum absolute atomic E-state index is 0.0237. The summed E-state index contributed by atoms with van der Waals surface area (Å²) in [5.74, 6) is -0.727. The van der Waals surface area contributed by atoms with Crippen LogP contribution in [0.3, 0.4) is 0 Å². The van der Waals surface area contributed by atoms with Gasteiger partial charge in [-0.2, -0.15) is 63.1 Å². The highest BCUT2D eigenvalue weighted by Crippen LogP contribution is 2.38. The fourth-order valence-corrected chi connectivity index (χ4v) is 7.52. The number of nitrogens with zero attached hydrogens (tertiary/aromatic N) is 30. The van der Waals surface area contributed by atoms with E-state index in [0.29, 0.717) is 0 Å². The molecule has 8 aromatic heterocycles. The van der Waals surface area contributed by atoms with Gasteiger partial charge in [0.1, 0.15) is 161 Å². The van der Waals surface area contributed by atoms with E-state index in [0.717, 1.165) is 0 Å². The first-order chi connectivity index (χ1) is 37.0. The zero-order valence-corrected chi connectivity index (χ0v) is 36.4. The summed E-state index contributed by atoms with van der Waals surface area (Å²) in [6.07, 6.45) is 0. The molecule has 0 amide bonds. The molecule has 0 unspecified atom stereocenters. The van der Waals surface area contributed by atoms with Crippen molar-refractivity contribution < 1.29 is 0 Å². The molecule has 30 heteroatoms. The Bertz CT molecular complexity index is 4600. The maximum absolute atomic E-state index is 9.70. The first-order valence-corrected chi connectivity index (χ1v) is 20.0. The Hall–Kier alpha value is -14.5. The second-order valence-electron chi connectivity index (χ2n) is 14.5. The number of nitriles is 12. The molecule has 11 aromatic rings. The summed E-state index contributed by atoms with van der Waals surface area (Å²) in [5, 5.41) is 114. The smallest absolute Gasteiger partial charge is 0.307 e. The molecular weight excluding hydrogens is 973 g/mol. The van der Waals surface area contributed by atoms with Crippen molar-refractivity contribution in [3.63, 3.8) is 0 Å². The van der Waals surface area contributed by atoms with Crippen LogP contribution in [0.1, 0.15) is 68.3 Å². The maximum Gasteiger partial charge on any atom is 0.307 e.